The Balaban J connectivity index is 0.966. The van der Waals surface area contributed by atoms with E-state index in [1.807, 2.05) is 0 Å². The molecular weight excluding hydrogens is 723 g/mol. The average molecular weight is 766 g/mol. The molecule has 0 unspecified atom stereocenters. The van der Waals surface area contributed by atoms with E-state index >= 15 is 0 Å². The zero-order chi connectivity index (χ0) is 40.2. The molecule has 284 valence electrons. The van der Waals surface area contributed by atoms with E-state index in [1.165, 1.54) is 88.3 Å². The molecule has 0 heterocycles. The standard InChI is InChI=1S/C59H43N/c1-59(2)56-38-49(44-27-25-43(26-28-44)42-23-21-41(22-24-42)40-13-5-3-6-14-40)30-33-54(56)55-34-32-52(39-57(55)59)60(58-20-12-11-19-53(58)45-15-7-4-8-16-45)51-31-29-48-35-46-17-9-10-18-47(46)36-50(48)37-51/h3-39H,1-2H3. The maximum Gasteiger partial charge on any atom is 0.0540 e. The van der Waals surface area contributed by atoms with Gasteiger partial charge in [0.15, 0.2) is 0 Å². The molecule has 0 spiro atoms. The zero-order valence-electron chi connectivity index (χ0n) is 33.8. The van der Waals surface area contributed by atoms with E-state index in [4.69, 9.17) is 0 Å². The lowest BCUT2D eigenvalue weighted by Gasteiger charge is -2.30. The summed E-state index contributed by atoms with van der Waals surface area (Å²) < 4.78 is 0. The van der Waals surface area contributed by atoms with Crippen LogP contribution in [-0.2, 0) is 5.41 Å². The predicted molar refractivity (Wildman–Crippen MR) is 255 cm³/mol. The quantitative estimate of drug-likeness (QED) is 0.146. The van der Waals surface area contributed by atoms with Crippen LogP contribution in [0.3, 0.4) is 0 Å². The molecule has 60 heavy (non-hydrogen) atoms. The van der Waals surface area contributed by atoms with Crippen molar-refractivity contribution < 1.29 is 0 Å². The average Bonchev–Trinajstić information content (AvgIpc) is 3.53. The van der Waals surface area contributed by atoms with Gasteiger partial charge < -0.3 is 4.90 Å². The van der Waals surface area contributed by atoms with Crippen molar-refractivity contribution in [1.29, 1.82) is 0 Å². The summed E-state index contributed by atoms with van der Waals surface area (Å²) in [6, 6.07) is 82.4. The van der Waals surface area contributed by atoms with Crippen LogP contribution in [0.2, 0.25) is 0 Å². The molecule has 0 bridgehead atoms. The zero-order valence-corrected chi connectivity index (χ0v) is 33.8. The maximum absolute atomic E-state index is 2.46. The highest BCUT2D eigenvalue weighted by atomic mass is 15.1. The lowest BCUT2D eigenvalue weighted by atomic mass is 9.81. The smallest absolute Gasteiger partial charge is 0.0540 e. The number of hydrogen-bond donors (Lipinski definition) is 0. The molecule has 0 aromatic heterocycles. The third-order valence-electron chi connectivity index (χ3n) is 12.6. The van der Waals surface area contributed by atoms with E-state index in [0.29, 0.717) is 0 Å². The minimum Gasteiger partial charge on any atom is -0.310 e. The van der Waals surface area contributed by atoms with Crippen LogP contribution in [0, 0.1) is 0 Å². The number of anilines is 3. The normalized spacial score (nSPS) is 12.6. The fourth-order valence-electron chi connectivity index (χ4n) is 9.41. The molecule has 0 saturated heterocycles. The first-order valence-electron chi connectivity index (χ1n) is 20.9. The minimum absolute atomic E-state index is 0.204. The molecule has 0 amide bonds. The molecule has 0 radical (unpaired) electrons. The van der Waals surface area contributed by atoms with Crippen LogP contribution in [0.1, 0.15) is 25.0 Å². The molecule has 0 atom stereocenters. The van der Waals surface area contributed by atoms with Gasteiger partial charge in [-0.3, -0.25) is 0 Å². The summed E-state index contributed by atoms with van der Waals surface area (Å²) >= 11 is 0. The predicted octanol–water partition coefficient (Wildman–Crippen LogP) is 16.4. The van der Waals surface area contributed by atoms with Crippen LogP contribution >= 0.6 is 0 Å². The van der Waals surface area contributed by atoms with Crippen molar-refractivity contribution in [2.45, 2.75) is 19.3 Å². The molecule has 0 fully saturated rings. The van der Waals surface area contributed by atoms with Gasteiger partial charge in [-0.25, -0.2) is 0 Å². The monoisotopic (exact) mass is 765 g/mol. The van der Waals surface area contributed by atoms with Crippen LogP contribution < -0.4 is 4.90 Å². The van der Waals surface area contributed by atoms with Crippen molar-refractivity contribution in [3.63, 3.8) is 0 Å². The first kappa shape index (κ1) is 35.7. The van der Waals surface area contributed by atoms with Gasteiger partial charge in [0, 0.05) is 22.4 Å². The molecule has 0 aliphatic heterocycles. The molecule has 0 saturated carbocycles. The Bertz CT molecular complexity index is 3200. The van der Waals surface area contributed by atoms with Gasteiger partial charge >= 0.3 is 0 Å². The van der Waals surface area contributed by atoms with E-state index in [2.05, 4.69) is 243 Å². The van der Waals surface area contributed by atoms with E-state index in [0.717, 1.165) is 17.1 Å². The van der Waals surface area contributed by atoms with Crippen molar-refractivity contribution in [3.8, 4) is 55.6 Å². The maximum atomic E-state index is 2.46. The molecule has 1 aliphatic rings. The Labute approximate surface area is 352 Å². The first-order chi connectivity index (χ1) is 29.5. The number of para-hydroxylation sites is 1. The fourth-order valence-corrected chi connectivity index (χ4v) is 9.41. The molecular formula is C59H43N. The second-order valence-corrected chi connectivity index (χ2v) is 16.6. The summed E-state index contributed by atoms with van der Waals surface area (Å²) in [5.74, 6) is 0. The Hall–Kier alpha value is -7.48. The Morgan fingerprint density at radius 3 is 1.37 bits per heavy atom. The Morgan fingerprint density at radius 1 is 0.283 bits per heavy atom. The number of hydrogen-bond acceptors (Lipinski definition) is 1. The molecule has 0 N–H and O–H groups in total. The van der Waals surface area contributed by atoms with Crippen LogP contribution in [0.4, 0.5) is 17.1 Å². The summed E-state index contributed by atoms with van der Waals surface area (Å²) in [5.41, 5.74) is 18.3. The van der Waals surface area contributed by atoms with Gasteiger partial charge in [-0.1, -0.05) is 190 Å². The second-order valence-electron chi connectivity index (χ2n) is 16.6. The fraction of sp³-hybridized carbons (Fsp3) is 0.0508. The molecule has 1 heteroatoms. The van der Waals surface area contributed by atoms with Crippen LogP contribution in [0.15, 0.2) is 224 Å². The van der Waals surface area contributed by atoms with Gasteiger partial charge in [0.1, 0.15) is 0 Å². The van der Waals surface area contributed by atoms with Crippen molar-refractivity contribution in [1.82, 2.24) is 0 Å². The third-order valence-corrected chi connectivity index (χ3v) is 12.6. The lowest BCUT2D eigenvalue weighted by Crippen LogP contribution is -2.17. The van der Waals surface area contributed by atoms with E-state index in [1.54, 1.807) is 0 Å². The van der Waals surface area contributed by atoms with Gasteiger partial charge in [0.25, 0.3) is 0 Å². The van der Waals surface area contributed by atoms with Crippen molar-refractivity contribution >= 4 is 38.6 Å². The van der Waals surface area contributed by atoms with Gasteiger partial charge in [-0.15, -0.1) is 0 Å². The van der Waals surface area contributed by atoms with Gasteiger partial charge in [-0.05, 0) is 131 Å². The van der Waals surface area contributed by atoms with E-state index in [-0.39, 0.29) is 5.41 Å². The molecule has 11 rings (SSSR count). The van der Waals surface area contributed by atoms with Gasteiger partial charge in [0.2, 0.25) is 0 Å². The van der Waals surface area contributed by atoms with Crippen molar-refractivity contribution in [2.24, 2.45) is 0 Å². The van der Waals surface area contributed by atoms with Gasteiger partial charge in [0.05, 0.1) is 5.69 Å². The molecule has 10 aromatic carbocycles. The van der Waals surface area contributed by atoms with Crippen LogP contribution in [0.5, 0.6) is 0 Å². The highest BCUT2D eigenvalue weighted by Gasteiger charge is 2.36. The summed E-state index contributed by atoms with van der Waals surface area (Å²) in [7, 11) is 0. The lowest BCUT2D eigenvalue weighted by molar-refractivity contribution is 0.660. The first-order valence-corrected chi connectivity index (χ1v) is 20.9. The molecule has 1 nitrogen and oxygen atoms in total. The summed E-state index contributed by atoms with van der Waals surface area (Å²) in [4.78, 5) is 2.46. The number of benzene rings is 10. The van der Waals surface area contributed by atoms with Crippen molar-refractivity contribution in [3.05, 3.63) is 236 Å². The van der Waals surface area contributed by atoms with Crippen LogP contribution in [-0.4, -0.2) is 0 Å². The summed E-state index contributed by atoms with van der Waals surface area (Å²) in [6.07, 6.45) is 0. The van der Waals surface area contributed by atoms with E-state index < -0.39 is 0 Å². The number of rotatable bonds is 7. The highest BCUT2D eigenvalue weighted by Crippen LogP contribution is 2.52. The largest absolute Gasteiger partial charge is 0.310 e. The number of fused-ring (bicyclic) bond motifs is 5. The molecule has 10 aromatic rings. The summed E-state index contributed by atoms with van der Waals surface area (Å²) in [6.45, 7) is 4.77. The number of nitrogens with zero attached hydrogens (tertiary/aromatic N) is 1. The Morgan fingerprint density at radius 2 is 0.717 bits per heavy atom. The topological polar surface area (TPSA) is 3.24 Å². The SMILES string of the molecule is CC1(C)c2cc(-c3ccc(-c4ccc(-c5ccccc5)cc4)cc3)ccc2-c2ccc(N(c3ccc4cc5ccccc5cc4c3)c3ccccc3-c3ccccc3)cc21. The minimum atomic E-state index is -0.204. The highest BCUT2D eigenvalue weighted by molar-refractivity contribution is 6.01. The van der Waals surface area contributed by atoms with E-state index in [9.17, 15) is 0 Å². The van der Waals surface area contributed by atoms with Crippen molar-refractivity contribution in [2.75, 3.05) is 4.90 Å². The molecule has 1 aliphatic carbocycles. The van der Waals surface area contributed by atoms with Gasteiger partial charge in [-0.2, -0.15) is 0 Å². The Kier molecular flexibility index (Phi) is 8.57. The van der Waals surface area contributed by atoms with Crippen LogP contribution in [0.25, 0.3) is 77.2 Å². The third kappa shape index (κ3) is 6.19. The second kappa shape index (κ2) is 14.4. The summed E-state index contributed by atoms with van der Waals surface area (Å²) in [5, 5.41) is 4.97.